The molecular formula is C27H24ClN3O5S2. The molecule has 4 aromatic rings. The lowest BCUT2D eigenvalue weighted by Gasteiger charge is -2.13. The van der Waals surface area contributed by atoms with Crippen LogP contribution in [0.5, 0.6) is 0 Å². The van der Waals surface area contributed by atoms with Crippen molar-refractivity contribution in [3.63, 3.8) is 0 Å². The Morgan fingerprint density at radius 2 is 1.42 bits per heavy atom. The summed E-state index contributed by atoms with van der Waals surface area (Å²) in [5.74, 6) is -0.554. The second-order valence-electron chi connectivity index (χ2n) is 8.52. The van der Waals surface area contributed by atoms with E-state index in [1.54, 1.807) is 55.5 Å². The van der Waals surface area contributed by atoms with Crippen molar-refractivity contribution in [3.05, 3.63) is 113 Å². The van der Waals surface area contributed by atoms with Crippen molar-refractivity contribution in [1.29, 1.82) is 0 Å². The molecule has 0 aliphatic carbocycles. The molecule has 0 heterocycles. The average molecular weight is 570 g/mol. The fourth-order valence-electron chi connectivity index (χ4n) is 3.62. The Bertz CT molecular complexity index is 1720. The summed E-state index contributed by atoms with van der Waals surface area (Å²) in [7, 11) is -7.86. The molecule has 0 saturated heterocycles. The Kier molecular flexibility index (Phi) is 7.77. The van der Waals surface area contributed by atoms with Gasteiger partial charge in [0.05, 0.1) is 20.5 Å². The van der Waals surface area contributed by atoms with Gasteiger partial charge in [0.15, 0.2) is 0 Å². The lowest BCUT2D eigenvalue weighted by Crippen LogP contribution is -2.17. The summed E-state index contributed by atoms with van der Waals surface area (Å²) in [6.07, 6.45) is 0. The summed E-state index contributed by atoms with van der Waals surface area (Å²) >= 11 is 6.04. The van der Waals surface area contributed by atoms with Gasteiger partial charge < -0.3 is 5.32 Å². The topological polar surface area (TPSA) is 121 Å². The highest BCUT2D eigenvalue weighted by atomic mass is 35.5. The first kappa shape index (κ1) is 27.2. The highest BCUT2D eigenvalue weighted by molar-refractivity contribution is 7.93. The van der Waals surface area contributed by atoms with Crippen LogP contribution in [0.3, 0.4) is 0 Å². The molecule has 0 unspecified atom stereocenters. The molecule has 4 rings (SSSR count). The third-order valence-electron chi connectivity index (χ3n) is 5.55. The van der Waals surface area contributed by atoms with Gasteiger partial charge in [-0.15, -0.1) is 0 Å². The standard InChI is InChI=1S/C27H24ClN3O5S2/c1-18-6-5-7-22(16-18)30-38(35,36)26-17-20(11-10-19(26)2)27(32)29-21-12-14-23(15-13-21)37(33,34)31-25-9-4-3-8-24(25)28/h3-17,30-31H,1-2H3,(H,29,32). The largest absolute Gasteiger partial charge is 0.322 e. The zero-order valence-electron chi connectivity index (χ0n) is 20.4. The molecule has 8 nitrogen and oxygen atoms in total. The van der Waals surface area contributed by atoms with E-state index in [2.05, 4.69) is 14.8 Å². The molecular weight excluding hydrogens is 546 g/mol. The van der Waals surface area contributed by atoms with Gasteiger partial charge in [0.2, 0.25) is 0 Å². The number of sulfonamides is 2. The van der Waals surface area contributed by atoms with E-state index in [1.807, 2.05) is 13.0 Å². The van der Waals surface area contributed by atoms with Crippen molar-refractivity contribution in [1.82, 2.24) is 0 Å². The number of carbonyl (C=O) groups is 1. The predicted molar refractivity (Wildman–Crippen MR) is 150 cm³/mol. The van der Waals surface area contributed by atoms with Crippen LogP contribution < -0.4 is 14.8 Å². The van der Waals surface area contributed by atoms with Crippen molar-refractivity contribution < 1.29 is 21.6 Å². The molecule has 196 valence electrons. The number of anilines is 3. The minimum absolute atomic E-state index is 0.0265. The number of halogens is 1. The van der Waals surface area contributed by atoms with E-state index in [-0.39, 0.29) is 26.1 Å². The molecule has 1 amide bonds. The Labute approximate surface area is 226 Å². The second-order valence-corrected chi connectivity index (χ2v) is 12.3. The van der Waals surface area contributed by atoms with Crippen molar-refractivity contribution in [3.8, 4) is 0 Å². The average Bonchev–Trinajstić information content (AvgIpc) is 2.85. The van der Waals surface area contributed by atoms with Crippen molar-refractivity contribution in [2.75, 3.05) is 14.8 Å². The summed E-state index contributed by atoms with van der Waals surface area (Å²) in [4.78, 5) is 12.8. The Morgan fingerprint density at radius 3 is 2.11 bits per heavy atom. The molecule has 3 N–H and O–H groups in total. The quantitative estimate of drug-likeness (QED) is 0.247. The first-order chi connectivity index (χ1) is 17.9. The van der Waals surface area contributed by atoms with Crippen molar-refractivity contribution >= 4 is 54.6 Å². The third kappa shape index (κ3) is 6.34. The van der Waals surface area contributed by atoms with Crippen LogP contribution in [0.15, 0.2) is 101 Å². The zero-order chi connectivity index (χ0) is 27.5. The Balaban J connectivity index is 1.50. The van der Waals surface area contributed by atoms with Gasteiger partial charge in [-0.05, 0) is 85.6 Å². The fourth-order valence-corrected chi connectivity index (χ4v) is 6.26. The first-order valence-electron chi connectivity index (χ1n) is 11.3. The van der Waals surface area contributed by atoms with Gasteiger partial charge in [-0.2, -0.15) is 0 Å². The summed E-state index contributed by atoms with van der Waals surface area (Å²) in [6, 6.07) is 23.3. The number of rotatable bonds is 8. The van der Waals surface area contributed by atoms with Gasteiger partial charge in [0, 0.05) is 16.9 Å². The fraction of sp³-hybridized carbons (Fsp3) is 0.0741. The van der Waals surface area contributed by atoms with Gasteiger partial charge in [-0.25, -0.2) is 16.8 Å². The molecule has 0 aliphatic rings. The summed E-state index contributed by atoms with van der Waals surface area (Å²) in [5, 5.41) is 2.92. The number of amides is 1. The van der Waals surface area contributed by atoms with Gasteiger partial charge in [-0.1, -0.05) is 41.9 Å². The summed E-state index contributed by atoms with van der Waals surface area (Å²) < 4.78 is 56.4. The highest BCUT2D eigenvalue weighted by Crippen LogP contribution is 2.25. The number of nitrogens with one attached hydrogen (secondary N) is 3. The maximum absolute atomic E-state index is 13.0. The molecule has 38 heavy (non-hydrogen) atoms. The number of para-hydroxylation sites is 1. The van der Waals surface area contributed by atoms with Crippen LogP contribution in [0.2, 0.25) is 5.02 Å². The lowest BCUT2D eigenvalue weighted by atomic mass is 10.1. The minimum atomic E-state index is -3.95. The molecule has 0 saturated carbocycles. The molecule has 0 aliphatic heterocycles. The molecule has 11 heteroatoms. The Morgan fingerprint density at radius 1 is 0.711 bits per heavy atom. The van der Waals surface area contributed by atoms with Gasteiger partial charge in [0.25, 0.3) is 26.0 Å². The maximum atomic E-state index is 13.0. The van der Waals surface area contributed by atoms with Crippen molar-refractivity contribution in [2.45, 2.75) is 23.6 Å². The highest BCUT2D eigenvalue weighted by Gasteiger charge is 2.20. The molecule has 0 atom stereocenters. The van der Waals surface area contributed by atoms with E-state index in [0.29, 0.717) is 16.9 Å². The van der Waals surface area contributed by atoms with Crippen LogP contribution in [0.1, 0.15) is 21.5 Å². The lowest BCUT2D eigenvalue weighted by molar-refractivity contribution is 0.102. The van der Waals surface area contributed by atoms with Crippen LogP contribution in [-0.4, -0.2) is 22.7 Å². The first-order valence-corrected chi connectivity index (χ1v) is 14.7. The van der Waals surface area contributed by atoms with E-state index in [0.717, 1.165) is 5.56 Å². The summed E-state index contributed by atoms with van der Waals surface area (Å²) in [6.45, 7) is 3.49. The van der Waals surface area contributed by atoms with Gasteiger partial charge in [0.1, 0.15) is 0 Å². The van der Waals surface area contributed by atoms with Gasteiger partial charge >= 0.3 is 0 Å². The van der Waals surface area contributed by atoms with E-state index in [1.165, 1.54) is 36.4 Å². The van der Waals surface area contributed by atoms with Crippen LogP contribution in [0.4, 0.5) is 17.1 Å². The number of carbonyl (C=O) groups excluding carboxylic acids is 1. The molecule has 0 aromatic heterocycles. The molecule has 0 fully saturated rings. The SMILES string of the molecule is Cc1cccc(NS(=O)(=O)c2cc(C(=O)Nc3ccc(S(=O)(=O)Nc4ccccc4Cl)cc3)ccc2C)c1. The zero-order valence-corrected chi connectivity index (χ0v) is 22.8. The molecule has 0 bridgehead atoms. The second kappa shape index (κ2) is 10.9. The Hall–Kier alpha value is -3.86. The van der Waals surface area contributed by atoms with E-state index in [9.17, 15) is 21.6 Å². The van der Waals surface area contributed by atoms with Crippen LogP contribution in [0, 0.1) is 13.8 Å². The third-order valence-corrected chi connectivity index (χ3v) is 8.79. The number of hydrogen-bond acceptors (Lipinski definition) is 5. The maximum Gasteiger partial charge on any atom is 0.262 e. The van der Waals surface area contributed by atoms with Crippen molar-refractivity contribution in [2.24, 2.45) is 0 Å². The van der Waals surface area contributed by atoms with E-state index in [4.69, 9.17) is 11.6 Å². The monoisotopic (exact) mass is 569 g/mol. The predicted octanol–water partition coefficient (Wildman–Crippen LogP) is 5.81. The minimum Gasteiger partial charge on any atom is -0.322 e. The van der Waals surface area contributed by atoms with E-state index < -0.39 is 26.0 Å². The molecule has 0 spiro atoms. The molecule has 0 radical (unpaired) electrons. The van der Waals surface area contributed by atoms with Gasteiger partial charge in [-0.3, -0.25) is 14.2 Å². The smallest absolute Gasteiger partial charge is 0.262 e. The summed E-state index contributed by atoms with van der Waals surface area (Å²) in [5.41, 5.74) is 2.48. The molecule has 4 aromatic carbocycles. The van der Waals surface area contributed by atoms with Crippen LogP contribution in [0.25, 0.3) is 0 Å². The van der Waals surface area contributed by atoms with E-state index >= 15 is 0 Å². The number of hydrogen-bond donors (Lipinski definition) is 3. The number of aryl methyl sites for hydroxylation is 2. The normalized spacial score (nSPS) is 11.6. The van der Waals surface area contributed by atoms with Crippen LogP contribution in [-0.2, 0) is 20.0 Å². The van der Waals surface area contributed by atoms with Crippen LogP contribution >= 0.6 is 11.6 Å². The number of benzene rings is 4.